The molecular formula is C12H21N3O2S. The highest BCUT2D eigenvalue weighted by molar-refractivity contribution is 7.13. The van der Waals surface area contributed by atoms with E-state index in [4.69, 9.17) is 5.11 Å². The van der Waals surface area contributed by atoms with Crippen molar-refractivity contribution in [1.82, 2.24) is 9.88 Å². The molecule has 0 saturated heterocycles. The van der Waals surface area contributed by atoms with E-state index in [1.807, 2.05) is 12.3 Å². The Bertz CT molecular complexity index is 368. The topological polar surface area (TPSA) is 65.5 Å². The Morgan fingerprint density at radius 1 is 1.50 bits per heavy atom. The lowest BCUT2D eigenvalue weighted by Gasteiger charge is -2.21. The third-order valence-corrected chi connectivity index (χ3v) is 3.37. The number of aromatic nitrogens is 1. The fraction of sp³-hybridized carbons (Fsp3) is 0.667. The molecule has 1 aromatic heterocycles. The van der Waals surface area contributed by atoms with Crippen molar-refractivity contribution in [2.75, 3.05) is 25.0 Å². The first-order valence-corrected chi connectivity index (χ1v) is 7.20. The number of carbonyl (C=O) groups excluding carboxylic acids is 1. The van der Waals surface area contributed by atoms with E-state index in [2.05, 4.69) is 17.2 Å². The van der Waals surface area contributed by atoms with Gasteiger partial charge in [-0.2, -0.15) is 0 Å². The molecule has 0 atom stereocenters. The SMILES string of the molecule is CCCCN(CCO)C(=O)Nc1nc(CC)cs1. The van der Waals surface area contributed by atoms with Crippen LogP contribution < -0.4 is 5.32 Å². The van der Waals surface area contributed by atoms with E-state index in [-0.39, 0.29) is 12.6 Å². The molecule has 0 aliphatic rings. The van der Waals surface area contributed by atoms with Crippen molar-refractivity contribution >= 4 is 22.5 Å². The van der Waals surface area contributed by atoms with Gasteiger partial charge in [0, 0.05) is 18.5 Å². The Morgan fingerprint density at radius 2 is 2.28 bits per heavy atom. The zero-order valence-electron chi connectivity index (χ0n) is 11.0. The number of unbranched alkanes of at least 4 members (excludes halogenated alkanes) is 1. The third kappa shape index (κ3) is 4.62. The van der Waals surface area contributed by atoms with Crippen LogP contribution in [-0.4, -0.2) is 40.7 Å². The lowest BCUT2D eigenvalue weighted by atomic mass is 10.3. The van der Waals surface area contributed by atoms with Crippen molar-refractivity contribution in [2.24, 2.45) is 0 Å². The van der Waals surface area contributed by atoms with E-state index in [1.165, 1.54) is 11.3 Å². The molecule has 0 saturated carbocycles. The van der Waals surface area contributed by atoms with Gasteiger partial charge in [0.05, 0.1) is 12.3 Å². The molecule has 0 spiro atoms. The van der Waals surface area contributed by atoms with Crippen LogP contribution >= 0.6 is 11.3 Å². The predicted octanol–water partition coefficient (Wildman–Crippen LogP) is 2.33. The fourth-order valence-corrected chi connectivity index (χ4v) is 2.27. The number of nitrogens with one attached hydrogen (secondary N) is 1. The molecule has 18 heavy (non-hydrogen) atoms. The van der Waals surface area contributed by atoms with Crippen molar-refractivity contribution in [3.8, 4) is 0 Å². The monoisotopic (exact) mass is 271 g/mol. The highest BCUT2D eigenvalue weighted by Gasteiger charge is 2.13. The number of nitrogens with zero attached hydrogens (tertiary/aromatic N) is 2. The van der Waals surface area contributed by atoms with Crippen molar-refractivity contribution in [2.45, 2.75) is 33.1 Å². The molecule has 2 N–H and O–H groups in total. The van der Waals surface area contributed by atoms with Gasteiger partial charge in [-0.15, -0.1) is 11.3 Å². The maximum absolute atomic E-state index is 12.0. The minimum Gasteiger partial charge on any atom is -0.395 e. The van der Waals surface area contributed by atoms with Gasteiger partial charge in [0.25, 0.3) is 0 Å². The van der Waals surface area contributed by atoms with E-state index in [9.17, 15) is 4.79 Å². The second-order valence-corrected chi connectivity index (χ2v) is 4.85. The van der Waals surface area contributed by atoms with Crippen LogP contribution in [0.15, 0.2) is 5.38 Å². The number of rotatable bonds is 7. The Kier molecular flexibility index (Phi) is 6.67. The summed E-state index contributed by atoms with van der Waals surface area (Å²) in [6.45, 7) is 5.10. The summed E-state index contributed by atoms with van der Waals surface area (Å²) in [5.74, 6) is 0. The lowest BCUT2D eigenvalue weighted by Crippen LogP contribution is -2.37. The van der Waals surface area contributed by atoms with Gasteiger partial charge in [-0.3, -0.25) is 5.32 Å². The van der Waals surface area contributed by atoms with Crippen LogP contribution in [0.25, 0.3) is 0 Å². The van der Waals surface area contributed by atoms with Gasteiger partial charge in [0.15, 0.2) is 5.13 Å². The smallest absolute Gasteiger partial charge is 0.323 e. The van der Waals surface area contributed by atoms with E-state index >= 15 is 0 Å². The summed E-state index contributed by atoms with van der Waals surface area (Å²) < 4.78 is 0. The molecule has 0 bridgehead atoms. The van der Waals surface area contributed by atoms with Crippen LogP contribution in [0, 0.1) is 0 Å². The van der Waals surface area contributed by atoms with E-state index in [1.54, 1.807) is 4.90 Å². The van der Waals surface area contributed by atoms with Crippen LogP contribution in [0.5, 0.6) is 0 Å². The van der Waals surface area contributed by atoms with Crippen molar-refractivity contribution in [3.05, 3.63) is 11.1 Å². The molecule has 2 amide bonds. The third-order valence-electron chi connectivity index (χ3n) is 2.57. The summed E-state index contributed by atoms with van der Waals surface area (Å²) in [6, 6.07) is -0.186. The quantitative estimate of drug-likeness (QED) is 0.800. The average molecular weight is 271 g/mol. The number of anilines is 1. The van der Waals surface area contributed by atoms with E-state index in [0.717, 1.165) is 25.0 Å². The molecule has 102 valence electrons. The first-order valence-electron chi connectivity index (χ1n) is 6.32. The molecular weight excluding hydrogens is 250 g/mol. The highest BCUT2D eigenvalue weighted by atomic mass is 32.1. The Morgan fingerprint density at radius 3 is 2.83 bits per heavy atom. The van der Waals surface area contributed by atoms with Gasteiger partial charge in [-0.25, -0.2) is 9.78 Å². The Hall–Kier alpha value is -1.14. The summed E-state index contributed by atoms with van der Waals surface area (Å²) in [7, 11) is 0. The zero-order chi connectivity index (χ0) is 13.4. The second kappa shape index (κ2) is 8.05. The molecule has 6 heteroatoms. The standard InChI is InChI=1S/C12H21N3O2S/c1-3-5-6-15(7-8-16)12(17)14-11-13-10(4-2)9-18-11/h9,16H,3-8H2,1-2H3,(H,13,14,17). The normalized spacial score (nSPS) is 10.4. The number of thiazole rings is 1. The van der Waals surface area contributed by atoms with Crippen LogP contribution in [0.4, 0.5) is 9.93 Å². The number of hydrogen-bond donors (Lipinski definition) is 2. The number of aliphatic hydroxyl groups is 1. The molecule has 1 heterocycles. The maximum Gasteiger partial charge on any atom is 0.323 e. The zero-order valence-corrected chi connectivity index (χ0v) is 11.8. The summed E-state index contributed by atoms with van der Waals surface area (Å²) in [5, 5.41) is 14.3. The number of urea groups is 1. The number of aliphatic hydroxyl groups excluding tert-OH is 1. The van der Waals surface area contributed by atoms with Gasteiger partial charge >= 0.3 is 6.03 Å². The van der Waals surface area contributed by atoms with Crippen molar-refractivity contribution in [3.63, 3.8) is 0 Å². The average Bonchev–Trinajstić information content (AvgIpc) is 2.82. The maximum atomic E-state index is 12.0. The van der Waals surface area contributed by atoms with Crippen LogP contribution in [0.1, 0.15) is 32.4 Å². The lowest BCUT2D eigenvalue weighted by molar-refractivity contribution is 0.187. The van der Waals surface area contributed by atoms with Gasteiger partial charge in [-0.05, 0) is 12.8 Å². The van der Waals surface area contributed by atoms with Gasteiger partial charge in [0.2, 0.25) is 0 Å². The minimum absolute atomic E-state index is 0.0186. The number of amides is 2. The number of hydrogen-bond acceptors (Lipinski definition) is 4. The summed E-state index contributed by atoms with van der Waals surface area (Å²) in [5.41, 5.74) is 0.984. The Labute approximate surface area is 112 Å². The van der Waals surface area contributed by atoms with Crippen LogP contribution in [0.3, 0.4) is 0 Å². The van der Waals surface area contributed by atoms with Gasteiger partial charge in [0.1, 0.15) is 0 Å². The number of aryl methyl sites for hydroxylation is 1. The minimum atomic E-state index is -0.186. The highest BCUT2D eigenvalue weighted by Crippen LogP contribution is 2.16. The van der Waals surface area contributed by atoms with Crippen LogP contribution in [-0.2, 0) is 6.42 Å². The van der Waals surface area contributed by atoms with E-state index < -0.39 is 0 Å². The molecule has 0 unspecified atom stereocenters. The Balaban J connectivity index is 2.54. The summed E-state index contributed by atoms with van der Waals surface area (Å²) >= 11 is 1.43. The van der Waals surface area contributed by atoms with Crippen molar-refractivity contribution < 1.29 is 9.90 Å². The second-order valence-electron chi connectivity index (χ2n) is 3.99. The fourth-order valence-electron chi connectivity index (χ4n) is 1.48. The molecule has 1 aromatic rings. The van der Waals surface area contributed by atoms with Crippen molar-refractivity contribution in [1.29, 1.82) is 0 Å². The van der Waals surface area contributed by atoms with Crippen LogP contribution in [0.2, 0.25) is 0 Å². The molecule has 1 rings (SSSR count). The number of carbonyl (C=O) groups is 1. The molecule has 5 nitrogen and oxygen atoms in total. The summed E-state index contributed by atoms with van der Waals surface area (Å²) in [4.78, 5) is 17.9. The molecule has 0 aromatic carbocycles. The van der Waals surface area contributed by atoms with E-state index in [0.29, 0.717) is 18.2 Å². The molecule has 0 aliphatic heterocycles. The first kappa shape index (κ1) is 14.9. The van der Waals surface area contributed by atoms with Gasteiger partial charge < -0.3 is 10.0 Å². The molecule has 0 radical (unpaired) electrons. The summed E-state index contributed by atoms with van der Waals surface area (Å²) in [6.07, 6.45) is 2.82. The predicted molar refractivity (Wildman–Crippen MR) is 74.1 cm³/mol. The molecule has 0 aliphatic carbocycles. The van der Waals surface area contributed by atoms with Gasteiger partial charge in [-0.1, -0.05) is 20.3 Å². The first-order chi connectivity index (χ1) is 8.71. The largest absolute Gasteiger partial charge is 0.395 e. The molecule has 0 fully saturated rings.